The molecule has 1 aromatic carbocycles. The van der Waals surface area contributed by atoms with Gasteiger partial charge in [0.25, 0.3) is 5.91 Å². The maximum atomic E-state index is 13.5. The lowest BCUT2D eigenvalue weighted by Crippen LogP contribution is -2.44. The molecule has 1 fully saturated rings. The lowest BCUT2D eigenvalue weighted by Gasteiger charge is -2.32. The summed E-state index contributed by atoms with van der Waals surface area (Å²) in [7, 11) is 0. The number of carbonyl (C=O) groups excluding carboxylic acids is 1. The number of benzene rings is 1. The van der Waals surface area contributed by atoms with Gasteiger partial charge < -0.3 is 19.4 Å². The van der Waals surface area contributed by atoms with Crippen LogP contribution in [0.3, 0.4) is 0 Å². The number of nitrogens with zero attached hydrogens (tertiary/aromatic N) is 2. The number of rotatable bonds is 4. The minimum atomic E-state index is -0.480. The molecule has 0 bridgehead atoms. The number of carbonyl (C=O) groups is 1. The van der Waals surface area contributed by atoms with Crippen molar-refractivity contribution in [1.82, 2.24) is 14.9 Å². The molecule has 0 aliphatic carbocycles. The highest BCUT2D eigenvalue weighted by molar-refractivity contribution is 5.77. The first-order chi connectivity index (χ1) is 11.1. The summed E-state index contributed by atoms with van der Waals surface area (Å²) in [5, 5.41) is 0. The summed E-state index contributed by atoms with van der Waals surface area (Å²) in [6.07, 6.45) is 1.44. The van der Waals surface area contributed by atoms with Gasteiger partial charge in [-0.25, -0.2) is 9.37 Å². The summed E-state index contributed by atoms with van der Waals surface area (Å²) >= 11 is 0. The number of aromatic nitrogens is 2. The molecule has 1 amide bonds. The number of hydrogen-bond acceptors (Lipinski definition) is 4. The number of aromatic amines is 1. The van der Waals surface area contributed by atoms with Crippen LogP contribution in [0.2, 0.25) is 0 Å². The second-order valence-electron chi connectivity index (χ2n) is 5.37. The van der Waals surface area contributed by atoms with E-state index in [9.17, 15) is 9.18 Å². The SMILES string of the molecule is Cc1cnc([C@H]2CN(C(=O)COc3ccccc3F)CCO2)[nH]1. The van der Waals surface area contributed by atoms with Gasteiger partial charge in [-0.05, 0) is 19.1 Å². The molecule has 6 nitrogen and oxygen atoms in total. The summed E-state index contributed by atoms with van der Waals surface area (Å²) in [6, 6.07) is 6.02. The van der Waals surface area contributed by atoms with Crippen molar-refractivity contribution >= 4 is 5.91 Å². The van der Waals surface area contributed by atoms with E-state index in [1.807, 2.05) is 6.92 Å². The monoisotopic (exact) mass is 319 g/mol. The third-order valence-electron chi connectivity index (χ3n) is 3.63. The van der Waals surface area contributed by atoms with Gasteiger partial charge in [-0.1, -0.05) is 12.1 Å². The number of ether oxygens (including phenoxy) is 2. The van der Waals surface area contributed by atoms with Crippen molar-refractivity contribution in [2.45, 2.75) is 13.0 Å². The Morgan fingerprint density at radius 3 is 3.09 bits per heavy atom. The van der Waals surface area contributed by atoms with Crippen molar-refractivity contribution in [1.29, 1.82) is 0 Å². The third kappa shape index (κ3) is 3.68. The van der Waals surface area contributed by atoms with Gasteiger partial charge in [0.05, 0.1) is 13.2 Å². The zero-order valence-corrected chi connectivity index (χ0v) is 12.8. The van der Waals surface area contributed by atoms with Crippen LogP contribution in [-0.2, 0) is 9.53 Å². The molecule has 0 radical (unpaired) electrons. The zero-order chi connectivity index (χ0) is 16.2. The fourth-order valence-electron chi connectivity index (χ4n) is 2.43. The molecule has 23 heavy (non-hydrogen) atoms. The van der Waals surface area contributed by atoms with E-state index in [1.54, 1.807) is 23.2 Å². The van der Waals surface area contributed by atoms with Gasteiger partial charge in [-0.2, -0.15) is 0 Å². The normalized spacial score (nSPS) is 18.0. The van der Waals surface area contributed by atoms with Crippen molar-refractivity contribution in [2.75, 3.05) is 26.3 Å². The average molecular weight is 319 g/mol. The number of nitrogens with one attached hydrogen (secondary N) is 1. The van der Waals surface area contributed by atoms with E-state index in [0.717, 1.165) is 5.69 Å². The first kappa shape index (κ1) is 15.5. The summed E-state index contributed by atoms with van der Waals surface area (Å²) in [5.74, 6) is 0.0957. The lowest BCUT2D eigenvalue weighted by atomic mass is 10.2. The fourth-order valence-corrected chi connectivity index (χ4v) is 2.43. The maximum Gasteiger partial charge on any atom is 0.260 e. The van der Waals surface area contributed by atoms with Gasteiger partial charge in [-0.15, -0.1) is 0 Å². The molecule has 2 heterocycles. The molecule has 0 saturated carbocycles. The van der Waals surface area contributed by atoms with Crippen molar-refractivity contribution < 1.29 is 18.7 Å². The van der Waals surface area contributed by atoms with Gasteiger partial charge in [0, 0.05) is 18.4 Å². The number of imidazole rings is 1. The van der Waals surface area contributed by atoms with E-state index in [1.165, 1.54) is 12.1 Å². The number of halogens is 1. The number of para-hydroxylation sites is 1. The summed E-state index contributed by atoms with van der Waals surface area (Å²) in [5.41, 5.74) is 0.940. The molecular formula is C16H18FN3O3. The molecule has 1 aliphatic rings. The molecule has 3 rings (SSSR count). The Hall–Kier alpha value is -2.41. The smallest absolute Gasteiger partial charge is 0.260 e. The topological polar surface area (TPSA) is 67.5 Å². The molecule has 1 atom stereocenters. The third-order valence-corrected chi connectivity index (χ3v) is 3.63. The summed E-state index contributed by atoms with van der Waals surface area (Å²) < 4.78 is 24.4. The van der Waals surface area contributed by atoms with Crippen LogP contribution in [0.1, 0.15) is 17.6 Å². The molecule has 0 spiro atoms. The number of H-pyrrole nitrogens is 1. The Balaban J connectivity index is 1.58. The molecular weight excluding hydrogens is 301 g/mol. The van der Waals surface area contributed by atoms with Crippen LogP contribution in [0, 0.1) is 12.7 Å². The van der Waals surface area contributed by atoms with Crippen LogP contribution in [0.25, 0.3) is 0 Å². The van der Waals surface area contributed by atoms with Crippen molar-refractivity contribution in [3.63, 3.8) is 0 Å². The highest BCUT2D eigenvalue weighted by Gasteiger charge is 2.27. The first-order valence-corrected chi connectivity index (χ1v) is 7.41. The quantitative estimate of drug-likeness (QED) is 0.934. The van der Waals surface area contributed by atoms with Gasteiger partial charge in [-0.3, -0.25) is 4.79 Å². The predicted octanol–water partition coefficient (Wildman–Crippen LogP) is 1.84. The fraction of sp³-hybridized carbons (Fsp3) is 0.375. The van der Waals surface area contributed by atoms with Gasteiger partial charge >= 0.3 is 0 Å². The molecule has 7 heteroatoms. The van der Waals surface area contributed by atoms with E-state index in [4.69, 9.17) is 9.47 Å². The standard InChI is InChI=1S/C16H18FN3O3/c1-11-8-18-16(19-11)14-9-20(6-7-22-14)15(21)10-23-13-5-3-2-4-12(13)17/h2-5,8,14H,6-7,9-10H2,1H3,(H,18,19)/t14-/m1/s1. The number of amides is 1. The Kier molecular flexibility index (Phi) is 4.57. The van der Waals surface area contributed by atoms with Crippen molar-refractivity contribution in [3.8, 4) is 5.75 Å². The number of morpholine rings is 1. The lowest BCUT2D eigenvalue weighted by molar-refractivity contribution is -0.141. The van der Waals surface area contributed by atoms with Crippen LogP contribution in [0.4, 0.5) is 4.39 Å². The van der Waals surface area contributed by atoms with Crippen LogP contribution < -0.4 is 4.74 Å². The molecule has 1 saturated heterocycles. The van der Waals surface area contributed by atoms with Crippen molar-refractivity contribution in [2.24, 2.45) is 0 Å². The second kappa shape index (κ2) is 6.78. The highest BCUT2D eigenvalue weighted by atomic mass is 19.1. The Morgan fingerprint density at radius 1 is 1.52 bits per heavy atom. The van der Waals surface area contributed by atoms with E-state index >= 15 is 0 Å². The highest BCUT2D eigenvalue weighted by Crippen LogP contribution is 2.20. The zero-order valence-electron chi connectivity index (χ0n) is 12.8. The van der Waals surface area contributed by atoms with Crippen LogP contribution >= 0.6 is 0 Å². The van der Waals surface area contributed by atoms with E-state index in [0.29, 0.717) is 25.5 Å². The van der Waals surface area contributed by atoms with E-state index < -0.39 is 5.82 Å². The van der Waals surface area contributed by atoms with Gasteiger partial charge in [0.15, 0.2) is 18.2 Å². The first-order valence-electron chi connectivity index (χ1n) is 7.41. The minimum absolute atomic E-state index is 0.0762. The molecule has 1 N–H and O–H groups in total. The predicted molar refractivity (Wildman–Crippen MR) is 80.5 cm³/mol. The van der Waals surface area contributed by atoms with Gasteiger partial charge in [0.2, 0.25) is 0 Å². The largest absolute Gasteiger partial charge is 0.481 e. The van der Waals surface area contributed by atoms with Crippen molar-refractivity contribution in [3.05, 3.63) is 47.8 Å². The molecule has 0 unspecified atom stereocenters. The Morgan fingerprint density at radius 2 is 2.35 bits per heavy atom. The average Bonchev–Trinajstić information content (AvgIpc) is 3.00. The molecule has 1 aliphatic heterocycles. The molecule has 2 aromatic rings. The summed E-state index contributed by atoms with van der Waals surface area (Å²) in [6.45, 7) is 3.01. The number of aryl methyl sites for hydroxylation is 1. The maximum absolute atomic E-state index is 13.5. The molecule has 1 aromatic heterocycles. The Labute approximate surface area is 133 Å². The minimum Gasteiger partial charge on any atom is -0.481 e. The van der Waals surface area contributed by atoms with Crippen LogP contribution in [0.15, 0.2) is 30.5 Å². The number of hydrogen-bond donors (Lipinski definition) is 1. The van der Waals surface area contributed by atoms with Crippen LogP contribution in [0.5, 0.6) is 5.75 Å². The Bertz CT molecular complexity index is 689. The van der Waals surface area contributed by atoms with Crippen LogP contribution in [-0.4, -0.2) is 47.1 Å². The molecule has 122 valence electrons. The van der Waals surface area contributed by atoms with E-state index in [2.05, 4.69) is 9.97 Å². The second-order valence-corrected chi connectivity index (χ2v) is 5.37. The van der Waals surface area contributed by atoms with Gasteiger partial charge in [0.1, 0.15) is 11.9 Å². The summed E-state index contributed by atoms with van der Waals surface area (Å²) in [4.78, 5) is 21.3. The van der Waals surface area contributed by atoms with E-state index in [-0.39, 0.29) is 24.4 Å².